The van der Waals surface area contributed by atoms with Gasteiger partial charge in [-0.15, -0.1) is 10.2 Å². The van der Waals surface area contributed by atoms with Crippen LogP contribution in [0, 0.1) is 0 Å². The van der Waals surface area contributed by atoms with Crippen LogP contribution in [-0.2, 0) is 11.8 Å². The van der Waals surface area contributed by atoms with Gasteiger partial charge >= 0.3 is 6.09 Å². The van der Waals surface area contributed by atoms with E-state index >= 15 is 0 Å². The summed E-state index contributed by atoms with van der Waals surface area (Å²) in [6.07, 6.45) is -0.660. The van der Waals surface area contributed by atoms with Gasteiger partial charge in [-0.05, 0) is 32.9 Å². The number of carbonyl (C=O) groups excluding carboxylic acids is 2. The Hall–Kier alpha value is -1.99. The minimum Gasteiger partial charge on any atom is -0.444 e. The van der Waals surface area contributed by atoms with Gasteiger partial charge < -0.3 is 10.1 Å². The van der Waals surface area contributed by atoms with E-state index in [4.69, 9.17) is 4.74 Å². The van der Waals surface area contributed by atoms with Gasteiger partial charge in [0.1, 0.15) is 5.60 Å². The van der Waals surface area contributed by atoms with Gasteiger partial charge in [-0.25, -0.2) is 4.79 Å². The molecule has 1 aromatic heterocycles. The Balaban J connectivity index is 2.58. The monoisotopic (exact) mass is 255 g/mol. The fraction of sp³-hybridized carbons (Fsp3) is 0.700. The highest BCUT2D eigenvalue weighted by molar-refractivity contribution is 5.97. The largest absolute Gasteiger partial charge is 0.444 e. The summed E-state index contributed by atoms with van der Waals surface area (Å²) in [6, 6.07) is -0.774. The Bertz CT molecular complexity index is 449. The zero-order valence-corrected chi connectivity index (χ0v) is 11.1. The molecule has 8 nitrogen and oxygen atoms in total. The summed E-state index contributed by atoms with van der Waals surface area (Å²) in [7, 11) is 1.55. The van der Waals surface area contributed by atoms with Crippen LogP contribution < -0.4 is 5.32 Å². The minimum atomic E-state index is -0.774. The molecule has 0 spiro atoms. The molecule has 1 rings (SSSR count). The number of hydrogen-bond donors (Lipinski definition) is 1. The maximum atomic E-state index is 11.8. The number of Topliss-reactive ketones (excluding diaryl/α,β-unsaturated/α-hetero) is 1. The van der Waals surface area contributed by atoms with Crippen LogP contribution in [0.1, 0.15) is 38.3 Å². The number of alkyl carbamates (subject to hydrolysis) is 1. The van der Waals surface area contributed by atoms with Crippen LogP contribution in [0.2, 0.25) is 0 Å². The zero-order valence-electron chi connectivity index (χ0n) is 11.1. The summed E-state index contributed by atoms with van der Waals surface area (Å²) in [4.78, 5) is 24.4. The molecule has 0 aliphatic rings. The Morgan fingerprint density at radius 2 is 2.00 bits per heavy atom. The summed E-state index contributed by atoms with van der Waals surface area (Å²) in [6.45, 7) is 6.75. The number of nitrogens with zero attached hydrogens (tertiary/aromatic N) is 4. The molecule has 0 radical (unpaired) electrons. The van der Waals surface area contributed by atoms with Crippen LogP contribution in [0.3, 0.4) is 0 Å². The fourth-order valence-electron chi connectivity index (χ4n) is 1.13. The summed E-state index contributed by atoms with van der Waals surface area (Å²) < 4.78 is 5.04. The topological polar surface area (TPSA) is 99.0 Å². The third kappa shape index (κ3) is 4.11. The van der Waals surface area contributed by atoms with Gasteiger partial charge in [0.15, 0.2) is 0 Å². The molecule has 1 N–H and O–H groups in total. The summed E-state index contributed by atoms with van der Waals surface area (Å²) in [5, 5.41) is 13.3. The highest BCUT2D eigenvalue weighted by Gasteiger charge is 2.24. The number of aromatic nitrogens is 4. The maximum Gasteiger partial charge on any atom is 0.408 e. The average molecular weight is 255 g/mol. The lowest BCUT2D eigenvalue weighted by Gasteiger charge is -2.21. The molecule has 0 aliphatic carbocycles. The molecule has 0 fully saturated rings. The lowest BCUT2D eigenvalue weighted by atomic mass is 10.2. The molecule has 8 heteroatoms. The molecule has 0 saturated carbocycles. The normalized spacial score (nSPS) is 12.9. The van der Waals surface area contributed by atoms with Crippen LogP contribution in [0.5, 0.6) is 0 Å². The highest BCUT2D eigenvalue weighted by atomic mass is 16.6. The van der Waals surface area contributed by atoms with Crippen molar-refractivity contribution in [3.63, 3.8) is 0 Å². The van der Waals surface area contributed by atoms with Gasteiger partial charge in [0.05, 0.1) is 13.1 Å². The zero-order chi connectivity index (χ0) is 13.9. The Labute approximate surface area is 105 Å². The molecule has 1 heterocycles. The molecule has 100 valence electrons. The van der Waals surface area contributed by atoms with E-state index < -0.39 is 23.5 Å². The predicted octanol–water partition coefficient (Wildman–Crippen LogP) is 0.306. The summed E-state index contributed by atoms with van der Waals surface area (Å²) >= 11 is 0. The van der Waals surface area contributed by atoms with Crippen molar-refractivity contribution in [1.29, 1.82) is 0 Å². The van der Waals surface area contributed by atoms with E-state index in [2.05, 4.69) is 20.7 Å². The van der Waals surface area contributed by atoms with E-state index in [1.54, 1.807) is 27.8 Å². The van der Waals surface area contributed by atoms with Crippen molar-refractivity contribution in [3.05, 3.63) is 5.82 Å². The molecule has 0 unspecified atom stereocenters. The van der Waals surface area contributed by atoms with Crippen LogP contribution in [0.25, 0.3) is 0 Å². The van der Waals surface area contributed by atoms with Crippen molar-refractivity contribution in [3.8, 4) is 0 Å². The molecule has 0 bridgehead atoms. The molecular weight excluding hydrogens is 238 g/mol. The number of nitrogens with one attached hydrogen (secondary N) is 1. The van der Waals surface area contributed by atoms with Gasteiger partial charge in [-0.1, -0.05) is 0 Å². The van der Waals surface area contributed by atoms with Crippen LogP contribution in [0.15, 0.2) is 0 Å². The van der Waals surface area contributed by atoms with Crippen molar-refractivity contribution >= 4 is 11.9 Å². The fourth-order valence-corrected chi connectivity index (χ4v) is 1.13. The molecular formula is C10H17N5O3. The smallest absolute Gasteiger partial charge is 0.408 e. The van der Waals surface area contributed by atoms with Gasteiger partial charge in [0.2, 0.25) is 11.6 Å². The van der Waals surface area contributed by atoms with E-state index in [1.807, 2.05) is 0 Å². The van der Waals surface area contributed by atoms with E-state index in [0.717, 1.165) is 0 Å². The standard InChI is InChI=1S/C10H17N5O3/c1-6(11-9(17)18-10(2,3)4)7(16)8-12-14-15(5)13-8/h6H,1-5H3,(H,11,17)/t6-/m1/s1. The quantitative estimate of drug-likeness (QED) is 0.780. The van der Waals surface area contributed by atoms with E-state index in [0.29, 0.717) is 0 Å². The minimum absolute atomic E-state index is 0.0407. The average Bonchev–Trinajstić information content (AvgIpc) is 2.60. The molecule has 0 aliphatic heterocycles. The van der Waals surface area contributed by atoms with Crippen LogP contribution in [0.4, 0.5) is 4.79 Å². The second-order valence-electron chi connectivity index (χ2n) is 4.83. The lowest BCUT2D eigenvalue weighted by molar-refractivity contribution is 0.0496. The predicted molar refractivity (Wildman–Crippen MR) is 62.0 cm³/mol. The number of carbonyl (C=O) groups is 2. The molecule has 18 heavy (non-hydrogen) atoms. The highest BCUT2D eigenvalue weighted by Crippen LogP contribution is 2.07. The number of tetrazole rings is 1. The van der Waals surface area contributed by atoms with Crippen molar-refractivity contribution in [2.45, 2.75) is 39.3 Å². The van der Waals surface area contributed by atoms with E-state index in [-0.39, 0.29) is 5.82 Å². The SMILES string of the molecule is C[C@@H](NC(=O)OC(C)(C)C)C(=O)c1nnn(C)n1. The first-order valence-corrected chi connectivity index (χ1v) is 5.47. The first-order valence-electron chi connectivity index (χ1n) is 5.47. The van der Waals surface area contributed by atoms with Crippen molar-refractivity contribution < 1.29 is 14.3 Å². The maximum absolute atomic E-state index is 11.8. The van der Waals surface area contributed by atoms with Gasteiger partial charge in [0, 0.05) is 0 Å². The number of aryl methyl sites for hydroxylation is 1. The second-order valence-corrected chi connectivity index (χ2v) is 4.83. The Morgan fingerprint density at radius 3 is 2.44 bits per heavy atom. The van der Waals surface area contributed by atoms with Gasteiger partial charge in [-0.2, -0.15) is 4.80 Å². The molecule has 1 aromatic rings. The van der Waals surface area contributed by atoms with Crippen molar-refractivity contribution in [1.82, 2.24) is 25.5 Å². The van der Waals surface area contributed by atoms with Gasteiger partial charge in [0.25, 0.3) is 0 Å². The lowest BCUT2D eigenvalue weighted by Crippen LogP contribution is -2.42. The number of amides is 1. The molecule has 1 amide bonds. The number of rotatable bonds is 3. The Morgan fingerprint density at radius 1 is 1.39 bits per heavy atom. The van der Waals surface area contributed by atoms with Gasteiger partial charge in [-0.3, -0.25) is 4.79 Å². The van der Waals surface area contributed by atoms with Crippen molar-refractivity contribution in [2.75, 3.05) is 0 Å². The Kier molecular flexibility index (Phi) is 4.00. The third-order valence-electron chi connectivity index (χ3n) is 1.86. The number of ether oxygens (including phenoxy) is 1. The summed E-state index contributed by atoms with van der Waals surface area (Å²) in [5.41, 5.74) is -0.613. The molecule has 0 aromatic carbocycles. The summed E-state index contributed by atoms with van der Waals surface area (Å²) in [5.74, 6) is -0.463. The number of ketones is 1. The van der Waals surface area contributed by atoms with Crippen LogP contribution >= 0.6 is 0 Å². The second kappa shape index (κ2) is 5.11. The number of hydrogen-bond acceptors (Lipinski definition) is 6. The van der Waals surface area contributed by atoms with E-state index in [1.165, 1.54) is 11.7 Å². The van der Waals surface area contributed by atoms with Crippen molar-refractivity contribution in [2.24, 2.45) is 7.05 Å². The first-order chi connectivity index (χ1) is 8.19. The molecule has 1 atom stereocenters. The third-order valence-corrected chi connectivity index (χ3v) is 1.86. The van der Waals surface area contributed by atoms with Crippen LogP contribution in [-0.4, -0.2) is 43.7 Å². The molecule has 0 saturated heterocycles. The van der Waals surface area contributed by atoms with E-state index in [9.17, 15) is 9.59 Å². The first kappa shape index (κ1) is 14.1.